The van der Waals surface area contributed by atoms with E-state index in [1.54, 1.807) is 0 Å². The number of halogens is 1. The second-order valence-electron chi connectivity index (χ2n) is 2.90. The average Bonchev–Trinajstić information content (AvgIpc) is 2.17. The quantitative estimate of drug-likeness (QED) is 0.766. The van der Waals surface area contributed by atoms with Gasteiger partial charge in [-0.3, -0.25) is 0 Å². The van der Waals surface area contributed by atoms with Crippen LogP contribution in [0.4, 0.5) is 5.69 Å². The molecule has 0 fully saturated rings. The fourth-order valence-corrected chi connectivity index (χ4v) is 0.789. The molecule has 15 heavy (non-hydrogen) atoms. The Morgan fingerprint density at radius 3 is 2.40 bits per heavy atom. The van der Waals surface area contributed by atoms with Crippen molar-refractivity contribution in [3.05, 3.63) is 23.0 Å². The summed E-state index contributed by atoms with van der Waals surface area (Å²) in [7, 11) is 0. The van der Waals surface area contributed by atoms with Gasteiger partial charge >= 0.3 is 5.97 Å². The lowest BCUT2D eigenvalue weighted by Gasteiger charge is -1.98. The number of carboxylic acid groups (broad SMARTS) is 1. The minimum absolute atomic E-state index is 0.0330. The van der Waals surface area contributed by atoms with E-state index in [0.717, 1.165) is 6.20 Å². The number of nitrogens with two attached hydrogens (primary N) is 1. The van der Waals surface area contributed by atoms with Gasteiger partial charge in [0, 0.05) is 6.20 Å². The molecular formula is C10H15ClN2O2. The molecule has 5 heteroatoms. The number of hydrogen-bond acceptors (Lipinski definition) is 3. The molecule has 0 atom stereocenters. The number of anilines is 1. The van der Waals surface area contributed by atoms with Gasteiger partial charge in [-0.05, 0) is 6.07 Å². The maximum atomic E-state index is 10.4. The van der Waals surface area contributed by atoms with Crippen molar-refractivity contribution >= 4 is 23.3 Å². The summed E-state index contributed by atoms with van der Waals surface area (Å²) >= 11 is 5.44. The predicted octanol–water partition coefficient (Wildman–Crippen LogP) is 2.82. The topological polar surface area (TPSA) is 76.2 Å². The van der Waals surface area contributed by atoms with E-state index in [-0.39, 0.29) is 16.4 Å². The van der Waals surface area contributed by atoms with Gasteiger partial charge in [0.1, 0.15) is 10.7 Å². The molecule has 1 rings (SSSR count). The molecule has 84 valence electrons. The van der Waals surface area contributed by atoms with Gasteiger partial charge in [0.05, 0.1) is 5.69 Å². The number of carbonyl (C=O) groups is 1. The zero-order valence-corrected chi connectivity index (χ0v) is 9.58. The monoisotopic (exact) mass is 230 g/mol. The first-order chi connectivity index (χ1) is 7.02. The summed E-state index contributed by atoms with van der Waals surface area (Å²) in [6, 6.07) is 1.30. The van der Waals surface area contributed by atoms with Crippen LogP contribution in [0, 0.1) is 0 Å². The number of aromatic carboxylic acids is 1. The molecule has 0 radical (unpaired) electrons. The van der Waals surface area contributed by atoms with Crippen LogP contribution in [0.1, 0.15) is 37.0 Å². The van der Waals surface area contributed by atoms with Crippen molar-refractivity contribution in [2.75, 3.05) is 5.73 Å². The Balaban J connectivity index is 0.000000423. The number of aromatic nitrogens is 1. The SMILES string of the molecule is CCCC.Nc1cc(Cl)ncc1C(=O)O. The Bertz CT molecular complexity index is 327. The summed E-state index contributed by atoms with van der Waals surface area (Å²) in [6.07, 6.45) is 3.76. The molecule has 0 aliphatic rings. The number of unbranched alkanes of at least 4 members (excludes halogenated alkanes) is 1. The van der Waals surface area contributed by atoms with E-state index in [4.69, 9.17) is 22.4 Å². The van der Waals surface area contributed by atoms with Gasteiger partial charge in [-0.25, -0.2) is 9.78 Å². The first-order valence-electron chi connectivity index (χ1n) is 4.67. The lowest BCUT2D eigenvalue weighted by atomic mass is 10.2. The van der Waals surface area contributed by atoms with E-state index in [0.29, 0.717) is 0 Å². The Kier molecular flexibility index (Phi) is 6.45. The molecule has 0 amide bonds. The lowest BCUT2D eigenvalue weighted by Crippen LogP contribution is -2.02. The minimum atomic E-state index is -1.10. The Hall–Kier alpha value is -1.29. The second kappa shape index (κ2) is 7.06. The molecule has 0 spiro atoms. The third kappa shape index (κ3) is 5.22. The maximum Gasteiger partial charge on any atom is 0.339 e. The molecule has 0 saturated heterocycles. The first-order valence-corrected chi connectivity index (χ1v) is 5.05. The van der Waals surface area contributed by atoms with Crippen molar-refractivity contribution in [2.24, 2.45) is 0 Å². The molecular weight excluding hydrogens is 216 g/mol. The van der Waals surface area contributed by atoms with Crippen LogP contribution in [-0.4, -0.2) is 16.1 Å². The minimum Gasteiger partial charge on any atom is -0.478 e. The molecule has 4 nitrogen and oxygen atoms in total. The van der Waals surface area contributed by atoms with Crippen LogP contribution < -0.4 is 5.73 Å². The number of hydrogen-bond donors (Lipinski definition) is 2. The summed E-state index contributed by atoms with van der Waals surface area (Å²) in [5.74, 6) is -1.10. The Morgan fingerprint density at radius 1 is 1.53 bits per heavy atom. The zero-order valence-electron chi connectivity index (χ0n) is 8.83. The highest BCUT2D eigenvalue weighted by Crippen LogP contribution is 2.14. The van der Waals surface area contributed by atoms with Crippen molar-refractivity contribution in [3.8, 4) is 0 Å². The van der Waals surface area contributed by atoms with Crippen molar-refractivity contribution < 1.29 is 9.90 Å². The fraction of sp³-hybridized carbons (Fsp3) is 0.400. The summed E-state index contributed by atoms with van der Waals surface area (Å²) in [6.45, 7) is 4.36. The van der Waals surface area contributed by atoms with E-state index < -0.39 is 5.97 Å². The number of pyridine rings is 1. The Labute approximate surface area is 94.1 Å². The first kappa shape index (κ1) is 13.7. The second-order valence-corrected chi connectivity index (χ2v) is 3.29. The molecule has 0 aliphatic carbocycles. The molecule has 1 aromatic heterocycles. The smallest absolute Gasteiger partial charge is 0.339 e. The summed E-state index contributed by atoms with van der Waals surface area (Å²) in [5.41, 5.74) is 5.41. The van der Waals surface area contributed by atoms with Crippen molar-refractivity contribution in [1.82, 2.24) is 4.98 Å². The van der Waals surface area contributed by atoms with E-state index in [1.807, 2.05) is 0 Å². The number of nitrogens with zero attached hydrogens (tertiary/aromatic N) is 1. The van der Waals surface area contributed by atoms with Crippen LogP contribution in [0.3, 0.4) is 0 Å². The van der Waals surface area contributed by atoms with Gasteiger partial charge in [0.2, 0.25) is 0 Å². The number of carboxylic acids is 1. The molecule has 0 bridgehead atoms. The van der Waals surface area contributed by atoms with Gasteiger partial charge in [-0.2, -0.15) is 0 Å². The summed E-state index contributed by atoms with van der Waals surface area (Å²) in [4.78, 5) is 13.9. The zero-order chi connectivity index (χ0) is 11.8. The van der Waals surface area contributed by atoms with Gasteiger partial charge in [0.15, 0.2) is 0 Å². The third-order valence-corrected chi connectivity index (χ3v) is 1.84. The van der Waals surface area contributed by atoms with Gasteiger partial charge in [0.25, 0.3) is 0 Å². The molecule has 0 aliphatic heterocycles. The highest BCUT2D eigenvalue weighted by atomic mass is 35.5. The van der Waals surface area contributed by atoms with Gasteiger partial charge in [-0.1, -0.05) is 38.3 Å². The van der Waals surface area contributed by atoms with E-state index in [1.165, 1.54) is 18.9 Å². The average molecular weight is 231 g/mol. The van der Waals surface area contributed by atoms with Crippen LogP contribution in [-0.2, 0) is 0 Å². The standard InChI is InChI=1S/C6H5ClN2O2.C4H10/c7-5-1-4(8)3(2-9-5)6(10)11;1-3-4-2/h1-2H,(H2,8,9)(H,10,11);3-4H2,1-2H3. The summed E-state index contributed by atoms with van der Waals surface area (Å²) in [5, 5.41) is 8.68. The van der Waals surface area contributed by atoms with Gasteiger partial charge < -0.3 is 10.8 Å². The molecule has 1 aromatic rings. The van der Waals surface area contributed by atoms with Crippen LogP contribution >= 0.6 is 11.6 Å². The number of rotatable bonds is 2. The van der Waals surface area contributed by atoms with Crippen molar-refractivity contribution in [3.63, 3.8) is 0 Å². The highest BCUT2D eigenvalue weighted by Gasteiger charge is 2.07. The van der Waals surface area contributed by atoms with E-state index in [2.05, 4.69) is 18.8 Å². The lowest BCUT2D eigenvalue weighted by molar-refractivity contribution is 0.0697. The van der Waals surface area contributed by atoms with E-state index in [9.17, 15) is 4.79 Å². The highest BCUT2D eigenvalue weighted by molar-refractivity contribution is 6.29. The van der Waals surface area contributed by atoms with Crippen molar-refractivity contribution in [2.45, 2.75) is 26.7 Å². The molecule has 0 unspecified atom stereocenters. The predicted molar refractivity (Wildman–Crippen MR) is 61.2 cm³/mol. The van der Waals surface area contributed by atoms with Crippen LogP contribution in [0.15, 0.2) is 12.3 Å². The fourth-order valence-electron chi connectivity index (χ4n) is 0.623. The molecule has 0 aromatic carbocycles. The largest absolute Gasteiger partial charge is 0.478 e. The van der Waals surface area contributed by atoms with Crippen LogP contribution in [0.2, 0.25) is 5.15 Å². The summed E-state index contributed by atoms with van der Waals surface area (Å²) < 4.78 is 0. The van der Waals surface area contributed by atoms with E-state index >= 15 is 0 Å². The van der Waals surface area contributed by atoms with Crippen molar-refractivity contribution in [1.29, 1.82) is 0 Å². The molecule has 0 saturated carbocycles. The maximum absolute atomic E-state index is 10.4. The van der Waals surface area contributed by atoms with Crippen LogP contribution in [0.5, 0.6) is 0 Å². The molecule has 1 heterocycles. The van der Waals surface area contributed by atoms with Gasteiger partial charge in [-0.15, -0.1) is 0 Å². The Morgan fingerprint density at radius 2 is 2.07 bits per heavy atom. The third-order valence-electron chi connectivity index (χ3n) is 1.63. The van der Waals surface area contributed by atoms with Crippen LogP contribution in [0.25, 0.3) is 0 Å². The molecule has 3 N–H and O–H groups in total. The number of nitrogen functional groups attached to an aromatic ring is 1. The normalized spacial score (nSPS) is 9.00.